The minimum atomic E-state index is -4.61. The Morgan fingerprint density at radius 2 is 1.57 bits per heavy atom. The van der Waals surface area contributed by atoms with Gasteiger partial charge in [0.05, 0.1) is 11.1 Å². The van der Waals surface area contributed by atoms with Gasteiger partial charge in [-0.3, -0.25) is 14.9 Å². The van der Waals surface area contributed by atoms with Gasteiger partial charge < -0.3 is 9.80 Å². The number of piperazine rings is 1. The molecule has 0 unspecified atom stereocenters. The van der Waals surface area contributed by atoms with Gasteiger partial charge in [-0.1, -0.05) is 12.1 Å². The topological polar surface area (TPSA) is 104 Å². The first-order valence-electron chi connectivity index (χ1n) is 10.8. The molecule has 3 heterocycles. The van der Waals surface area contributed by atoms with Gasteiger partial charge in [0.15, 0.2) is 11.5 Å². The van der Waals surface area contributed by atoms with Crippen LogP contribution in [-0.2, 0) is 6.18 Å². The molecule has 35 heavy (non-hydrogen) atoms. The Bertz CT molecular complexity index is 1220. The van der Waals surface area contributed by atoms with E-state index in [0.717, 1.165) is 6.07 Å². The largest absolute Gasteiger partial charge is 0.417 e. The van der Waals surface area contributed by atoms with E-state index in [1.54, 1.807) is 26.0 Å². The molecular formula is C23H22F3N7O2. The summed E-state index contributed by atoms with van der Waals surface area (Å²) in [6, 6.07) is 9.69. The van der Waals surface area contributed by atoms with E-state index in [4.69, 9.17) is 0 Å². The van der Waals surface area contributed by atoms with Crippen LogP contribution in [0.2, 0.25) is 0 Å². The molecular weight excluding hydrogens is 463 g/mol. The fourth-order valence-corrected chi connectivity index (χ4v) is 3.79. The highest BCUT2D eigenvalue weighted by Crippen LogP contribution is 2.32. The lowest BCUT2D eigenvalue weighted by Gasteiger charge is -2.35. The Kier molecular flexibility index (Phi) is 6.63. The molecule has 0 radical (unpaired) electrons. The van der Waals surface area contributed by atoms with Crippen LogP contribution in [0.5, 0.6) is 0 Å². The summed E-state index contributed by atoms with van der Waals surface area (Å²) in [5.41, 5.74) is 0.200. The van der Waals surface area contributed by atoms with Crippen molar-refractivity contribution in [1.29, 1.82) is 0 Å². The van der Waals surface area contributed by atoms with Crippen LogP contribution in [0, 0.1) is 13.8 Å². The number of alkyl halides is 3. The normalized spacial score (nSPS) is 14.1. The maximum atomic E-state index is 13.3. The Morgan fingerprint density at radius 1 is 0.914 bits per heavy atom. The number of carbonyl (C=O) groups excluding carboxylic acids is 2. The number of nitrogens with one attached hydrogen (secondary N) is 1. The second-order valence-electron chi connectivity index (χ2n) is 8.03. The number of nitrogens with zero attached hydrogens (tertiary/aromatic N) is 6. The maximum absolute atomic E-state index is 13.3. The van der Waals surface area contributed by atoms with E-state index in [0.29, 0.717) is 30.3 Å². The lowest BCUT2D eigenvalue weighted by Crippen LogP contribution is -2.49. The average molecular weight is 485 g/mol. The van der Waals surface area contributed by atoms with E-state index in [2.05, 4.69) is 25.5 Å². The second-order valence-corrected chi connectivity index (χ2v) is 8.03. The molecule has 1 aliphatic rings. The fourth-order valence-electron chi connectivity index (χ4n) is 3.79. The Morgan fingerprint density at radius 3 is 2.17 bits per heavy atom. The van der Waals surface area contributed by atoms with Gasteiger partial charge in [-0.2, -0.15) is 13.2 Å². The number of aromatic nitrogens is 4. The van der Waals surface area contributed by atoms with Crippen molar-refractivity contribution in [2.45, 2.75) is 20.0 Å². The molecule has 2 amide bonds. The van der Waals surface area contributed by atoms with Crippen molar-refractivity contribution in [3.8, 4) is 0 Å². The Hall–Kier alpha value is -4.09. The van der Waals surface area contributed by atoms with Crippen LogP contribution in [-0.4, -0.2) is 63.1 Å². The van der Waals surface area contributed by atoms with Crippen LogP contribution in [0.15, 0.2) is 42.5 Å². The van der Waals surface area contributed by atoms with Gasteiger partial charge in [-0.15, -0.1) is 10.2 Å². The summed E-state index contributed by atoms with van der Waals surface area (Å²) in [6.45, 7) is 4.74. The summed E-state index contributed by atoms with van der Waals surface area (Å²) in [5.74, 6) is -0.504. The van der Waals surface area contributed by atoms with Gasteiger partial charge in [-0.05, 0) is 44.2 Å². The van der Waals surface area contributed by atoms with Crippen LogP contribution >= 0.6 is 0 Å². The number of rotatable bonds is 4. The number of halogens is 3. The third-order valence-electron chi connectivity index (χ3n) is 5.44. The van der Waals surface area contributed by atoms with Gasteiger partial charge >= 0.3 is 6.18 Å². The quantitative estimate of drug-likeness (QED) is 0.606. The molecule has 0 atom stereocenters. The molecule has 3 aromatic rings. The zero-order valence-corrected chi connectivity index (χ0v) is 19.0. The van der Waals surface area contributed by atoms with Crippen LogP contribution in [0.1, 0.15) is 37.8 Å². The zero-order valence-electron chi connectivity index (χ0n) is 19.0. The second kappa shape index (κ2) is 9.65. The first-order valence-corrected chi connectivity index (χ1v) is 10.8. The molecule has 0 saturated carbocycles. The van der Waals surface area contributed by atoms with Crippen molar-refractivity contribution >= 4 is 23.6 Å². The van der Waals surface area contributed by atoms with Gasteiger partial charge in [0.25, 0.3) is 11.8 Å². The van der Waals surface area contributed by atoms with E-state index in [-0.39, 0.29) is 30.3 Å². The molecule has 1 saturated heterocycles. The minimum Gasteiger partial charge on any atom is -0.352 e. The van der Waals surface area contributed by atoms with Gasteiger partial charge in [0.2, 0.25) is 5.95 Å². The molecule has 0 aliphatic carbocycles. The number of aryl methyl sites for hydroxylation is 2. The Balaban J connectivity index is 1.38. The molecule has 1 aliphatic heterocycles. The predicted molar refractivity (Wildman–Crippen MR) is 121 cm³/mol. The highest BCUT2D eigenvalue weighted by Gasteiger charge is 2.36. The standard InChI is InChI=1S/C23H22F3N7O2/c1-14-13-15(2)28-22(27-14)29-20(34)18-7-8-19(31-30-18)32-9-11-33(12-10-32)21(35)16-5-3-4-6-17(16)23(24,25)26/h3-8,13H,9-12H2,1-2H3,(H,27,28,29,34). The Labute approximate surface area is 199 Å². The van der Waals surface area contributed by atoms with Crippen molar-refractivity contribution in [2.24, 2.45) is 0 Å². The zero-order chi connectivity index (χ0) is 25.2. The van der Waals surface area contributed by atoms with Crippen LogP contribution in [0.4, 0.5) is 24.9 Å². The molecule has 1 N–H and O–H groups in total. The SMILES string of the molecule is Cc1cc(C)nc(NC(=O)c2ccc(N3CCN(C(=O)c4ccccc4C(F)(F)F)CC3)nn2)n1. The molecule has 4 rings (SSSR count). The minimum absolute atomic E-state index is 0.0779. The van der Waals surface area contributed by atoms with E-state index in [9.17, 15) is 22.8 Å². The molecule has 182 valence electrons. The van der Waals surface area contributed by atoms with Crippen LogP contribution < -0.4 is 10.2 Å². The highest BCUT2D eigenvalue weighted by molar-refractivity contribution is 6.01. The summed E-state index contributed by atoms with van der Waals surface area (Å²) in [7, 11) is 0. The monoisotopic (exact) mass is 485 g/mol. The smallest absolute Gasteiger partial charge is 0.352 e. The highest BCUT2D eigenvalue weighted by atomic mass is 19.4. The number of hydrogen-bond acceptors (Lipinski definition) is 7. The van der Waals surface area contributed by atoms with Crippen molar-refractivity contribution in [3.63, 3.8) is 0 Å². The van der Waals surface area contributed by atoms with Gasteiger partial charge in [0, 0.05) is 37.6 Å². The molecule has 12 heteroatoms. The van der Waals surface area contributed by atoms with Crippen LogP contribution in [0.25, 0.3) is 0 Å². The summed E-state index contributed by atoms with van der Waals surface area (Å²) < 4.78 is 39.8. The van der Waals surface area contributed by atoms with E-state index < -0.39 is 23.6 Å². The van der Waals surface area contributed by atoms with Crippen molar-refractivity contribution in [2.75, 3.05) is 36.4 Å². The summed E-state index contributed by atoms with van der Waals surface area (Å²) in [4.78, 5) is 36.7. The summed E-state index contributed by atoms with van der Waals surface area (Å²) >= 11 is 0. The number of benzene rings is 1. The molecule has 1 fully saturated rings. The fraction of sp³-hybridized carbons (Fsp3) is 0.304. The molecule has 0 bridgehead atoms. The van der Waals surface area contributed by atoms with Gasteiger partial charge in [-0.25, -0.2) is 9.97 Å². The first kappa shape index (κ1) is 24.0. The van der Waals surface area contributed by atoms with Crippen molar-refractivity contribution in [1.82, 2.24) is 25.1 Å². The van der Waals surface area contributed by atoms with E-state index in [1.807, 2.05) is 4.90 Å². The molecule has 1 aromatic carbocycles. The van der Waals surface area contributed by atoms with Crippen molar-refractivity contribution < 1.29 is 22.8 Å². The van der Waals surface area contributed by atoms with Crippen molar-refractivity contribution in [3.05, 3.63) is 70.7 Å². The van der Waals surface area contributed by atoms with Gasteiger partial charge in [0.1, 0.15) is 0 Å². The number of amides is 2. The molecule has 2 aromatic heterocycles. The summed E-state index contributed by atoms with van der Waals surface area (Å²) in [5, 5.41) is 10.7. The lowest BCUT2D eigenvalue weighted by molar-refractivity contribution is -0.138. The third-order valence-corrected chi connectivity index (χ3v) is 5.44. The summed E-state index contributed by atoms with van der Waals surface area (Å²) in [6.07, 6.45) is -4.61. The molecule has 0 spiro atoms. The van der Waals surface area contributed by atoms with E-state index >= 15 is 0 Å². The number of anilines is 2. The lowest BCUT2D eigenvalue weighted by atomic mass is 10.1. The number of carbonyl (C=O) groups is 2. The third kappa shape index (κ3) is 5.53. The number of hydrogen-bond donors (Lipinski definition) is 1. The van der Waals surface area contributed by atoms with Crippen LogP contribution in [0.3, 0.4) is 0 Å². The molecule has 9 nitrogen and oxygen atoms in total. The average Bonchev–Trinajstić information content (AvgIpc) is 2.82. The van der Waals surface area contributed by atoms with E-state index in [1.165, 1.54) is 29.2 Å². The predicted octanol–water partition coefficient (Wildman–Crippen LogP) is 3.12. The first-order chi connectivity index (χ1) is 16.6. The maximum Gasteiger partial charge on any atom is 0.417 e.